The predicted molar refractivity (Wildman–Crippen MR) is 154 cm³/mol. The van der Waals surface area contributed by atoms with Crippen molar-refractivity contribution in [1.82, 2.24) is 21.3 Å². The number of hydrogen-bond acceptors (Lipinski definition) is 4. The Morgan fingerprint density at radius 2 is 0.861 bits per heavy atom. The smallest absolute Gasteiger partial charge is 0.0335 e. The van der Waals surface area contributed by atoms with Gasteiger partial charge in [0.15, 0.2) is 0 Å². The molecule has 0 amide bonds. The van der Waals surface area contributed by atoms with E-state index in [1.54, 1.807) is 0 Å². The maximum atomic E-state index is 3.88. The Bertz CT molecular complexity index is 1170. The molecule has 0 spiro atoms. The van der Waals surface area contributed by atoms with Crippen molar-refractivity contribution in [1.29, 1.82) is 0 Å². The standard InChI is InChI=1S/C32H40N4/c1-23-19-31(29-13-11-25-7-3-5-9-27(25)21-29)35-17-18-36-32(20-24(2)34-16-15-33-23)30-14-12-26-8-4-6-10-28(26)22-30/h3-14,21-24,31-36H,15-20H2,1-2H3/t23-,24-,31-,32+/m0/s1. The van der Waals surface area contributed by atoms with Crippen LogP contribution in [-0.4, -0.2) is 38.3 Å². The van der Waals surface area contributed by atoms with Crippen molar-refractivity contribution in [3.8, 4) is 0 Å². The van der Waals surface area contributed by atoms with Crippen LogP contribution in [0.3, 0.4) is 0 Å². The third-order valence-corrected chi connectivity index (χ3v) is 7.55. The summed E-state index contributed by atoms with van der Waals surface area (Å²) in [5.41, 5.74) is 2.74. The first kappa shape index (κ1) is 24.9. The molecule has 4 heteroatoms. The van der Waals surface area contributed by atoms with E-state index in [1.807, 2.05) is 0 Å². The van der Waals surface area contributed by atoms with E-state index in [9.17, 15) is 0 Å². The molecule has 0 bridgehead atoms. The highest BCUT2D eigenvalue weighted by Crippen LogP contribution is 2.25. The fourth-order valence-corrected chi connectivity index (χ4v) is 5.53. The molecular formula is C32H40N4. The van der Waals surface area contributed by atoms with Gasteiger partial charge in [-0.05, 0) is 71.5 Å². The van der Waals surface area contributed by atoms with E-state index in [0.717, 1.165) is 39.0 Å². The molecular weight excluding hydrogens is 440 g/mol. The zero-order valence-corrected chi connectivity index (χ0v) is 21.6. The van der Waals surface area contributed by atoms with Crippen LogP contribution in [-0.2, 0) is 0 Å². The summed E-state index contributed by atoms with van der Waals surface area (Å²) >= 11 is 0. The van der Waals surface area contributed by atoms with E-state index in [-0.39, 0.29) is 0 Å². The van der Waals surface area contributed by atoms with Crippen molar-refractivity contribution in [3.63, 3.8) is 0 Å². The van der Waals surface area contributed by atoms with E-state index in [2.05, 4.69) is 120 Å². The minimum absolute atomic E-state index is 0.313. The normalized spacial score (nSPS) is 24.9. The Morgan fingerprint density at radius 3 is 1.31 bits per heavy atom. The van der Waals surface area contributed by atoms with Gasteiger partial charge in [-0.3, -0.25) is 0 Å². The minimum atomic E-state index is 0.313. The fourth-order valence-electron chi connectivity index (χ4n) is 5.53. The summed E-state index contributed by atoms with van der Waals surface area (Å²) in [6.45, 7) is 8.41. The molecule has 0 aromatic heterocycles. The summed E-state index contributed by atoms with van der Waals surface area (Å²) in [7, 11) is 0. The van der Waals surface area contributed by atoms with Crippen LogP contribution in [0.15, 0.2) is 84.9 Å². The van der Waals surface area contributed by atoms with Crippen molar-refractivity contribution in [3.05, 3.63) is 96.1 Å². The predicted octanol–water partition coefficient (Wildman–Crippen LogP) is 5.70. The number of hydrogen-bond donors (Lipinski definition) is 4. The SMILES string of the molecule is C[C@H]1C[C@@H](c2ccc3ccccc3c2)NCCN[C@@H](c2ccc3ccccc3c2)C[C@H](C)NCCN1. The highest BCUT2D eigenvalue weighted by atomic mass is 15.0. The lowest BCUT2D eigenvalue weighted by Crippen LogP contribution is -2.42. The molecule has 188 valence electrons. The summed E-state index contributed by atoms with van der Waals surface area (Å²) < 4.78 is 0. The average Bonchev–Trinajstić information content (AvgIpc) is 2.91. The summed E-state index contributed by atoms with van der Waals surface area (Å²) in [5.74, 6) is 0. The van der Waals surface area contributed by atoms with Crippen LogP contribution in [0.4, 0.5) is 0 Å². The van der Waals surface area contributed by atoms with Gasteiger partial charge in [-0.2, -0.15) is 0 Å². The lowest BCUT2D eigenvalue weighted by Gasteiger charge is -2.28. The van der Waals surface area contributed by atoms with Crippen LogP contribution in [0, 0.1) is 0 Å². The third kappa shape index (κ3) is 6.32. The number of rotatable bonds is 2. The summed E-state index contributed by atoms with van der Waals surface area (Å²) in [4.78, 5) is 0. The average molecular weight is 481 g/mol. The molecule has 4 aromatic rings. The zero-order valence-electron chi connectivity index (χ0n) is 21.6. The van der Waals surface area contributed by atoms with Gasteiger partial charge in [-0.15, -0.1) is 0 Å². The topological polar surface area (TPSA) is 48.1 Å². The highest BCUT2D eigenvalue weighted by molar-refractivity contribution is 5.83. The molecule has 0 saturated carbocycles. The molecule has 0 radical (unpaired) electrons. The molecule has 5 rings (SSSR count). The van der Waals surface area contributed by atoms with Crippen LogP contribution >= 0.6 is 0 Å². The molecule has 4 nitrogen and oxygen atoms in total. The highest BCUT2D eigenvalue weighted by Gasteiger charge is 2.19. The molecule has 1 aliphatic rings. The Hall–Kier alpha value is -2.76. The molecule has 0 aliphatic carbocycles. The van der Waals surface area contributed by atoms with E-state index in [0.29, 0.717) is 24.2 Å². The molecule has 1 fully saturated rings. The van der Waals surface area contributed by atoms with E-state index >= 15 is 0 Å². The van der Waals surface area contributed by atoms with Gasteiger partial charge >= 0.3 is 0 Å². The molecule has 0 unspecified atom stereocenters. The molecule has 4 aromatic carbocycles. The van der Waals surface area contributed by atoms with Crippen molar-refractivity contribution in [2.75, 3.05) is 26.2 Å². The maximum absolute atomic E-state index is 3.88. The van der Waals surface area contributed by atoms with Gasteiger partial charge in [-0.25, -0.2) is 0 Å². The summed E-state index contributed by atoms with van der Waals surface area (Å²) in [6, 6.07) is 32.6. The third-order valence-electron chi connectivity index (χ3n) is 7.55. The quantitative estimate of drug-likeness (QED) is 0.297. The second-order valence-corrected chi connectivity index (χ2v) is 10.4. The molecule has 4 atom stereocenters. The van der Waals surface area contributed by atoms with E-state index < -0.39 is 0 Å². The van der Waals surface area contributed by atoms with Crippen LogP contribution in [0.25, 0.3) is 21.5 Å². The van der Waals surface area contributed by atoms with Crippen molar-refractivity contribution < 1.29 is 0 Å². The van der Waals surface area contributed by atoms with Gasteiger partial charge in [0.2, 0.25) is 0 Å². The van der Waals surface area contributed by atoms with Crippen LogP contribution < -0.4 is 21.3 Å². The van der Waals surface area contributed by atoms with Gasteiger partial charge in [0.1, 0.15) is 0 Å². The number of nitrogens with one attached hydrogen (secondary N) is 4. The van der Waals surface area contributed by atoms with E-state index in [4.69, 9.17) is 0 Å². The maximum Gasteiger partial charge on any atom is 0.0335 e. The first-order chi connectivity index (χ1) is 17.7. The van der Waals surface area contributed by atoms with E-state index in [1.165, 1.54) is 32.7 Å². The Labute approximate surface area is 215 Å². The van der Waals surface area contributed by atoms with Crippen molar-refractivity contribution in [2.24, 2.45) is 0 Å². The Morgan fingerprint density at radius 1 is 0.472 bits per heavy atom. The van der Waals surface area contributed by atoms with Gasteiger partial charge in [0, 0.05) is 50.3 Å². The zero-order chi connectivity index (χ0) is 24.7. The summed E-state index contributed by atoms with van der Waals surface area (Å²) in [6.07, 6.45) is 2.12. The van der Waals surface area contributed by atoms with Gasteiger partial charge in [-0.1, -0.05) is 72.8 Å². The molecule has 1 heterocycles. The van der Waals surface area contributed by atoms with Crippen molar-refractivity contribution in [2.45, 2.75) is 50.9 Å². The monoisotopic (exact) mass is 480 g/mol. The second kappa shape index (κ2) is 12.0. The van der Waals surface area contributed by atoms with Gasteiger partial charge in [0.05, 0.1) is 0 Å². The van der Waals surface area contributed by atoms with Crippen LogP contribution in [0.2, 0.25) is 0 Å². The number of benzene rings is 4. The molecule has 1 saturated heterocycles. The first-order valence-electron chi connectivity index (χ1n) is 13.6. The minimum Gasteiger partial charge on any atom is -0.313 e. The first-order valence-corrected chi connectivity index (χ1v) is 13.6. The Balaban J connectivity index is 1.33. The van der Waals surface area contributed by atoms with Crippen molar-refractivity contribution >= 4 is 21.5 Å². The molecule has 1 aliphatic heterocycles. The van der Waals surface area contributed by atoms with Crippen LogP contribution in [0.5, 0.6) is 0 Å². The lowest BCUT2D eigenvalue weighted by molar-refractivity contribution is 0.371. The summed E-state index contributed by atoms with van der Waals surface area (Å²) in [5, 5.41) is 20.5. The fraction of sp³-hybridized carbons (Fsp3) is 0.375. The largest absolute Gasteiger partial charge is 0.313 e. The van der Waals surface area contributed by atoms with Crippen LogP contribution in [0.1, 0.15) is 49.9 Å². The Kier molecular flexibility index (Phi) is 8.29. The van der Waals surface area contributed by atoms with Gasteiger partial charge in [0.25, 0.3) is 0 Å². The second-order valence-electron chi connectivity index (χ2n) is 10.4. The number of fused-ring (bicyclic) bond motifs is 2. The molecule has 4 N–H and O–H groups in total. The van der Waals surface area contributed by atoms with Gasteiger partial charge < -0.3 is 21.3 Å². The molecule has 36 heavy (non-hydrogen) atoms. The lowest BCUT2D eigenvalue weighted by atomic mass is 9.96.